The van der Waals surface area contributed by atoms with Gasteiger partial charge in [0.15, 0.2) is 6.29 Å². The van der Waals surface area contributed by atoms with Gasteiger partial charge in [-0.15, -0.1) is 0 Å². The number of ether oxygens (including phenoxy) is 3. The van der Waals surface area contributed by atoms with E-state index < -0.39 is 18.1 Å². The van der Waals surface area contributed by atoms with E-state index in [1.807, 2.05) is 6.92 Å². The SMILES string of the molecule is CCCCC(F)(F)C(=O)/C=C/[C@H]1C(OC2CCCCO2)CC[C@@H]1CCCCCCC(=O)OC. The molecule has 7 heteroatoms. The predicted octanol–water partition coefficient (Wildman–Crippen LogP) is 6.39. The van der Waals surface area contributed by atoms with Gasteiger partial charge in [0.05, 0.1) is 13.2 Å². The van der Waals surface area contributed by atoms with Crippen molar-refractivity contribution >= 4 is 11.8 Å². The van der Waals surface area contributed by atoms with E-state index in [2.05, 4.69) is 4.74 Å². The van der Waals surface area contributed by atoms with Crippen molar-refractivity contribution in [2.75, 3.05) is 13.7 Å². The number of unbranched alkanes of at least 4 members (excludes halogenated alkanes) is 4. The van der Waals surface area contributed by atoms with Crippen LogP contribution in [0.1, 0.15) is 96.8 Å². The van der Waals surface area contributed by atoms with Crippen LogP contribution in [-0.2, 0) is 23.8 Å². The van der Waals surface area contributed by atoms with Gasteiger partial charge in [0, 0.05) is 25.4 Å². The number of rotatable bonds is 15. The molecule has 1 heterocycles. The minimum absolute atomic E-state index is 0.0588. The molecule has 0 N–H and O–H groups in total. The molecule has 33 heavy (non-hydrogen) atoms. The molecule has 1 aliphatic heterocycles. The molecule has 2 rings (SSSR count). The van der Waals surface area contributed by atoms with Gasteiger partial charge in [0.25, 0.3) is 0 Å². The summed E-state index contributed by atoms with van der Waals surface area (Å²) in [4.78, 5) is 23.4. The van der Waals surface area contributed by atoms with Gasteiger partial charge in [-0.05, 0) is 63.4 Å². The number of allylic oxidation sites excluding steroid dienone is 1. The Morgan fingerprint density at radius 2 is 1.85 bits per heavy atom. The largest absolute Gasteiger partial charge is 0.469 e. The van der Waals surface area contributed by atoms with Gasteiger partial charge < -0.3 is 14.2 Å². The summed E-state index contributed by atoms with van der Waals surface area (Å²) in [5.74, 6) is -4.34. The topological polar surface area (TPSA) is 61.8 Å². The second-order valence-electron chi connectivity index (χ2n) is 9.45. The number of carbonyl (C=O) groups is 2. The first-order valence-electron chi connectivity index (χ1n) is 12.8. The molecular formula is C26H42F2O5. The monoisotopic (exact) mass is 472 g/mol. The number of hydrogen-bond donors (Lipinski definition) is 0. The Balaban J connectivity index is 1.92. The van der Waals surface area contributed by atoms with Crippen LogP contribution in [0.25, 0.3) is 0 Å². The highest BCUT2D eigenvalue weighted by Gasteiger charge is 2.39. The molecule has 0 aromatic carbocycles. The molecule has 190 valence electrons. The van der Waals surface area contributed by atoms with Crippen LogP contribution in [0.15, 0.2) is 12.2 Å². The van der Waals surface area contributed by atoms with E-state index in [0.717, 1.165) is 70.3 Å². The first-order chi connectivity index (χ1) is 15.9. The molecule has 1 aliphatic carbocycles. The van der Waals surface area contributed by atoms with Crippen molar-refractivity contribution in [3.05, 3.63) is 12.2 Å². The highest BCUT2D eigenvalue weighted by molar-refractivity contribution is 5.95. The second kappa shape index (κ2) is 14.8. The average molecular weight is 473 g/mol. The van der Waals surface area contributed by atoms with Gasteiger partial charge in [-0.2, -0.15) is 8.78 Å². The number of carbonyl (C=O) groups excluding carboxylic acids is 2. The Kier molecular flexibility index (Phi) is 12.5. The maximum Gasteiger partial charge on any atom is 0.309 e. The van der Waals surface area contributed by atoms with Crippen LogP contribution in [0.2, 0.25) is 0 Å². The van der Waals surface area contributed by atoms with Gasteiger partial charge in [-0.3, -0.25) is 9.59 Å². The van der Waals surface area contributed by atoms with Gasteiger partial charge in [-0.1, -0.05) is 38.7 Å². The Labute approximate surface area is 197 Å². The third kappa shape index (κ3) is 9.81. The Morgan fingerprint density at radius 1 is 1.06 bits per heavy atom. The first kappa shape index (κ1) is 27.9. The highest BCUT2D eigenvalue weighted by atomic mass is 19.3. The van der Waals surface area contributed by atoms with E-state index in [-0.39, 0.29) is 24.3 Å². The lowest BCUT2D eigenvalue weighted by Crippen LogP contribution is -2.31. The molecule has 0 bridgehead atoms. The lowest BCUT2D eigenvalue weighted by Gasteiger charge is -2.29. The smallest absolute Gasteiger partial charge is 0.309 e. The molecule has 0 radical (unpaired) electrons. The van der Waals surface area contributed by atoms with Crippen molar-refractivity contribution in [3.63, 3.8) is 0 Å². The molecule has 2 unspecified atom stereocenters. The number of methoxy groups -OCH3 is 1. The molecule has 0 aromatic rings. The summed E-state index contributed by atoms with van der Waals surface area (Å²) >= 11 is 0. The number of esters is 1. The predicted molar refractivity (Wildman–Crippen MR) is 123 cm³/mol. The molecule has 0 spiro atoms. The fourth-order valence-electron chi connectivity index (χ4n) is 4.83. The van der Waals surface area contributed by atoms with Gasteiger partial charge in [-0.25, -0.2) is 0 Å². The van der Waals surface area contributed by atoms with Gasteiger partial charge in [0.1, 0.15) is 0 Å². The molecule has 2 fully saturated rings. The van der Waals surface area contributed by atoms with Crippen molar-refractivity contribution in [2.45, 2.75) is 115 Å². The van der Waals surface area contributed by atoms with E-state index in [4.69, 9.17) is 9.47 Å². The van der Waals surface area contributed by atoms with E-state index in [1.54, 1.807) is 6.08 Å². The maximum absolute atomic E-state index is 14.2. The third-order valence-electron chi connectivity index (χ3n) is 6.87. The normalized spacial score (nSPS) is 26.1. The minimum atomic E-state index is -3.30. The van der Waals surface area contributed by atoms with Crippen LogP contribution in [-0.4, -0.2) is 43.8 Å². The highest BCUT2D eigenvalue weighted by Crippen LogP contribution is 2.40. The molecule has 1 saturated heterocycles. The van der Waals surface area contributed by atoms with E-state index in [9.17, 15) is 18.4 Å². The van der Waals surface area contributed by atoms with Crippen molar-refractivity contribution in [1.29, 1.82) is 0 Å². The number of hydrogen-bond acceptors (Lipinski definition) is 5. The van der Waals surface area contributed by atoms with E-state index in [1.165, 1.54) is 7.11 Å². The zero-order valence-electron chi connectivity index (χ0n) is 20.4. The maximum atomic E-state index is 14.2. The molecule has 1 saturated carbocycles. The summed E-state index contributed by atoms with van der Waals surface area (Å²) in [5.41, 5.74) is 0. The van der Waals surface area contributed by atoms with Crippen molar-refractivity contribution in [1.82, 2.24) is 0 Å². The van der Waals surface area contributed by atoms with Crippen molar-refractivity contribution in [3.8, 4) is 0 Å². The third-order valence-corrected chi connectivity index (χ3v) is 6.87. The summed E-state index contributed by atoms with van der Waals surface area (Å²) in [5, 5.41) is 0. The first-order valence-corrected chi connectivity index (χ1v) is 12.8. The van der Waals surface area contributed by atoms with Gasteiger partial charge in [0.2, 0.25) is 5.78 Å². The van der Waals surface area contributed by atoms with E-state index in [0.29, 0.717) is 31.8 Å². The zero-order valence-corrected chi connectivity index (χ0v) is 20.4. The molecule has 0 aromatic heterocycles. The molecule has 4 atom stereocenters. The second-order valence-corrected chi connectivity index (χ2v) is 9.45. The summed E-state index contributed by atoms with van der Waals surface area (Å²) in [6, 6.07) is 0. The fourth-order valence-corrected chi connectivity index (χ4v) is 4.83. The average Bonchev–Trinajstić information content (AvgIpc) is 3.19. The molecular weight excluding hydrogens is 430 g/mol. The summed E-state index contributed by atoms with van der Waals surface area (Å²) in [7, 11) is 1.40. The van der Waals surface area contributed by atoms with Crippen LogP contribution in [0.4, 0.5) is 8.78 Å². The number of alkyl halides is 2. The quantitative estimate of drug-likeness (QED) is 0.157. The fraction of sp³-hybridized carbons (Fsp3) is 0.846. The zero-order chi connectivity index (χ0) is 24.1. The van der Waals surface area contributed by atoms with Gasteiger partial charge >= 0.3 is 11.9 Å². The van der Waals surface area contributed by atoms with Crippen LogP contribution in [0.3, 0.4) is 0 Å². The lowest BCUT2D eigenvalue weighted by molar-refractivity contribution is -0.192. The Hall–Kier alpha value is -1.34. The molecule has 5 nitrogen and oxygen atoms in total. The van der Waals surface area contributed by atoms with Crippen LogP contribution in [0.5, 0.6) is 0 Å². The number of ketones is 1. The minimum Gasteiger partial charge on any atom is -0.469 e. The summed E-state index contributed by atoms with van der Waals surface area (Å²) < 4.78 is 45.0. The van der Waals surface area contributed by atoms with Crippen molar-refractivity contribution in [2.24, 2.45) is 11.8 Å². The van der Waals surface area contributed by atoms with Crippen LogP contribution < -0.4 is 0 Å². The van der Waals surface area contributed by atoms with Crippen LogP contribution >= 0.6 is 0 Å². The lowest BCUT2D eigenvalue weighted by atomic mass is 9.88. The molecule has 0 amide bonds. The number of halogens is 2. The Morgan fingerprint density at radius 3 is 2.55 bits per heavy atom. The van der Waals surface area contributed by atoms with E-state index >= 15 is 0 Å². The van der Waals surface area contributed by atoms with Crippen LogP contribution in [0, 0.1) is 11.8 Å². The Bertz CT molecular complexity index is 616. The molecule has 2 aliphatic rings. The summed E-state index contributed by atoms with van der Waals surface area (Å²) in [6.45, 7) is 2.53. The van der Waals surface area contributed by atoms with Crippen molar-refractivity contribution < 1.29 is 32.6 Å². The summed E-state index contributed by atoms with van der Waals surface area (Å²) in [6.07, 6.45) is 12.9. The standard InChI is InChI=1S/C26H42F2O5/c1-3-4-18-26(27,28)23(29)17-15-21-20(11-7-5-6-8-12-24(30)31-2)14-16-22(21)33-25-13-9-10-19-32-25/h15,17,20-22,25H,3-14,16,18-19H2,1-2H3/b17-15+/t20-,21+,22?,25?/m0/s1.